The predicted molar refractivity (Wildman–Crippen MR) is 118 cm³/mol. The largest absolute Gasteiger partial charge is 0.508 e. The lowest BCUT2D eigenvalue weighted by molar-refractivity contribution is -0.117. The van der Waals surface area contributed by atoms with Gasteiger partial charge in [0.25, 0.3) is 0 Å². The minimum atomic E-state index is -0.0402. The van der Waals surface area contributed by atoms with Gasteiger partial charge in [0.1, 0.15) is 11.5 Å². The quantitative estimate of drug-likeness (QED) is 0.536. The van der Waals surface area contributed by atoms with Crippen LogP contribution in [-0.2, 0) is 11.2 Å². The van der Waals surface area contributed by atoms with E-state index >= 15 is 0 Å². The molecule has 2 heterocycles. The molecule has 0 spiro atoms. The van der Waals surface area contributed by atoms with Crippen molar-refractivity contribution < 1.29 is 19.2 Å². The van der Waals surface area contributed by atoms with Crippen LogP contribution in [0, 0.1) is 11.8 Å². The lowest BCUT2D eigenvalue weighted by Crippen LogP contribution is -2.39. The zero-order valence-corrected chi connectivity index (χ0v) is 17.5. The highest BCUT2D eigenvalue weighted by Gasteiger charge is 2.28. The second kappa shape index (κ2) is 9.66. The van der Waals surface area contributed by atoms with E-state index in [1.54, 1.807) is 31.4 Å². The second-order valence-corrected chi connectivity index (χ2v) is 7.93. The number of hydrogen-bond donors (Lipinski definition) is 3. The Morgan fingerprint density at radius 2 is 2.06 bits per heavy atom. The van der Waals surface area contributed by atoms with Crippen LogP contribution in [0.4, 0.5) is 5.69 Å². The van der Waals surface area contributed by atoms with Crippen LogP contribution >= 0.6 is 0 Å². The van der Waals surface area contributed by atoms with E-state index in [1.165, 1.54) is 0 Å². The third-order valence-corrected chi connectivity index (χ3v) is 5.75. The molecule has 1 amide bonds. The van der Waals surface area contributed by atoms with Gasteiger partial charge in [0.05, 0.1) is 12.8 Å². The van der Waals surface area contributed by atoms with Crippen LogP contribution in [0.5, 0.6) is 11.5 Å². The Balaban J connectivity index is 1.38. The Labute approximate surface area is 181 Å². The lowest BCUT2D eigenvalue weighted by atomic mass is 9.81. The summed E-state index contributed by atoms with van der Waals surface area (Å²) < 4.78 is 10.8. The number of phenolic OH excluding ortho intramolecular Hbond substituents is 1. The highest BCUT2D eigenvalue weighted by Crippen LogP contribution is 2.29. The Hall–Kier alpha value is -3.32. The van der Waals surface area contributed by atoms with Gasteiger partial charge in [0.2, 0.25) is 5.91 Å². The molecule has 3 aromatic rings. The maximum atomic E-state index is 12.6. The van der Waals surface area contributed by atoms with Crippen molar-refractivity contribution in [2.24, 2.45) is 11.8 Å². The summed E-state index contributed by atoms with van der Waals surface area (Å²) in [4.78, 5) is 12.6. The molecule has 0 bridgehead atoms. The number of hydrogen-bond acceptors (Lipinski definition) is 6. The number of carbonyl (C=O) groups excluding carboxylic acids is 1. The summed E-state index contributed by atoms with van der Waals surface area (Å²) in [5.74, 6) is 2.15. The molecular weight excluding hydrogens is 394 g/mol. The van der Waals surface area contributed by atoms with Gasteiger partial charge in [0.15, 0.2) is 5.76 Å². The van der Waals surface area contributed by atoms with Gasteiger partial charge in [-0.1, -0.05) is 11.2 Å². The van der Waals surface area contributed by atoms with E-state index in [2.05, 4.69) is 15.8 Å². The minimum absolute atomic E-state index is 0.0402. The number of methoxy groups -OCH3 is 1. The van der Waals surface area contributed by atoms with E-state index in [1.807, 2.05) is 30.3 Å². The van der Waals surface area contributed by atoms with Crippen LogP contribution in [0.2, 0.25) is 0 Å². The number of carbonyl (C=O) groups is 1. The SMILES string of the molecule is COc1ccc(-c2cc(C[C@H]3CNCC[C@H]3CC(=O)Nc3cccc(O)c3)no2)cc1. The Morgan fingerprint density at radius 3 is 2.84 bits per heavy atom. The van der Waals surface area contributed by atoms with E-state index in [0.29, 0.717) is 12.1 Å². The minimum Gasteiger partial charge on any atom is -0.508 e. The number of phenols is 1. The van der Waals surface area contributed by atoms with Gasteiger partial charge in [-0.15, -0.1) is 0 Å². The summed E-state index contributed by atoms with van der Waals surface area (Å²) in [5, 5.41) is 20.2. The van der Waals surface area contributed by atoms with Crippen LogP contribution in [0.1, 0.15) is 18.5 Å². The van der Waals surface area contributed by atoms with Gasteiger partial charge in [0, 0.05) is 29.8 Å². The van der Waals surface area contributed by atoms with E-state index in [9.17, 15) is 9.90 Å². The molecule has 0 aliphatic carbocycles. The number of nitrogens with one attached hydrogen (secondary N) is 2. The molecular formula is C24H27N3O4. The topological polar surface area (TPSA) is 96.6 Å². The van der Waals surface area contributed by atoms with Crippen molar-refractivity contribution in [1.29, 1.82) is 0 Å². The Bertz CT molecular complexity index is 1020. The number of aromatic hydroxyl groups is 1. The van der Waals surface area contributed by atoms with E-state index in [4.69, 9.17) is 9.26 Å². The molecule has 2 aromatic carbocycles. The van der Waals surface area contributed by atoms with Crippen LogP contribution in [-0.4, -0.2) is 36.4 Å². The van der Waals surface area contributed by atoms with Crippen LogP contribution < -0.4 is 15.4 Å². The monoisotopic (exact) mass is 421 g/mol. The molecule has 1 saturated heterocycles. The first-order chi connectivity index (χ1) is 15.1. The Morgan fingerprint density at radius 1 is 1.23 bits per heavy atom. The number of nitrogens with zero attached hydrogens (tertiary/aromatic N) is 1. The molecule has 2 atom stereocenters. The molecule has 4 rings (SSSR count). The van der Waals surface area contributed by atoms with Gasteiger partial charge in [-0.2, -0.15) is 0 Å². The van der Waals surface area contributed by atoms with Gasteiger partial charge in [-0.3, -0.25) is 4.79 Å². The fourth-order valence-corrected chi connectivity index (χ4v) is 4.09. The molecule has 1 fully saturated rings. The third-order valence-electron chi connectivity index (χ3n) is 5.75. The van der Waals surface area contributed by atoms with Crippen molar-refractivity contribution in [3.05, 3.63) is 60.3 Å². The number of ether oxygens (including phenoxy) is 1. The number of aromatic nitrogens is 1. The fourth-order valence-electron chi connectivity index (χ4n) is 4.09. The average molecular weight is 421 g/mol. The fraction of sp³-hybridized carbons (Fsp3) is 0.333. The third kappa shape index (κ3) is 5.44. The molecule has 31 heavy (non-hydrogen) atoms. The highest BCUT2D eigenvalue weighted by molar-refractivity contribution is 5.91. The second-order valence-electron chi connectivity index (χ2n) is 7.93. The normalized spacial score (nSPS) is 18.5. The molecule has 7 heteroatoms. The first kappa shape index (κ1) is 20.9. The molecule has 0 saturated carbocycles. The Kier molecular flexibility index (Phi) is 6.52. The van der Waals surface area contributed by atoms with Crippen LogP contribution in [0.3, 0.4) is 0 Å². The van der Waals surface area contributed by atoms with E-state index in [-0.39, 0.29) is 23.5 Å². The number of amides is 1. The van der Waals surface area contributed by atoms with Crippen molar-refractivity contribution in [3.8, 4) is 22.8 Å². The zero-order valence-electron chi connectivity index (χ0n) is 17.5. The molecule has 0 radical (unpaired) electrons. The lowest BCUT2D eigenvalue weighted by Gasteiger charge is -2.31. The molecule has 1 aromatic heterocycles. The average Bonchev–Trinajstić information content (AvgIpc) is 3.24. The van der Waals surface area contributed by atoms with Crippen LogP contribution in [0.15, 0.2) is 59.1 Å². The van der Waals surface area contributed by atoms with Gasteiger partial charge < -0.3 is 25.0 Å². The van der Waals surface area contributed by atoms with Crippen molar-refractivity contribution in [2.45, 2.75) is 19.3 Å². The molecule has 162 valence electrons. The van der Waals surface area contributed by atoms with Crippen molar-refractivity contribution in [2.75, 3.05) is 25.5 Å². The zero-order chi connectivity index (χ0) is 21.6. The van der Waals surface area contributed by atoms with Crippen molar-refractivity contribution in [1.82, 2.24) is 10.5 Å². The molecule has 1 aliphatic rings. The standard InChI is InChI=1S/C24H27N3O4/c1-30-22-7-5-16(6-8-22)23-14-20(27-31-23)11-18-15-25-10-9-17(18)12-24(29)26-19-3-2-4-21(28)13-19/h2-8,13-14,17-18,25,28H,9-12,15H2,1H3,(H,26,29)/t17-,18-/m0/s1. The van der Waals surface area contributed by atoms with Gasteiger partial charge in [-0.05, 0) is 74.2 Å². The van der Waals surface area contributed by atoms with E-state index < -0.39 is 0 Å². The smallest absolute Gasteiger partial charge is 0.224 e. The summed E-state index contributed by atoms with van der Waals surface area (Å²) in [7, 11) is 1.64. The number of anilines is 1. The summed E-state index contributed by atoms with van der Waals surface area (Å²) >= 11 is 0. The summed E-state index contributed by atoms with van der Waals surface area (Å²) in [6.07, 6.45) is 2.11. The number of benzene rings is 2. The number of rotatable bonds is 7. The highest BCUT2D eigenvalue weighted by atomic mass is 16.5. The van der Waals surface area contributed by atoms with Gasteiger partial charge in [-0.25, -0.2) is 0 Å². The maximum absolute atomic E-state index is 12.6. The maximum Gasteiger partial charge on any atom is 0.224 e. The summed E-state index contributed by atoms with van der Waals surface area (Å²) in [6, 6.07) is 16.3. The summed E-state index contributed by atoms with van der Waals surface area (Å²) in [5.41, 5.74) is 2.44. The number of piperidine rings is 1. The molecule has 3 N–H and O–H groups in total. The summed E-state index contributed by atoms with van der Waals surface area (Å²) in [6.45, 7) is 1.74. The van der Waals surface area contributed by atoms with Crippen molar-refractivity contribution >= 4 is 11.6 Å². The molecule has 1 aliphatic heterocycles. The van der Waals surface area contributed by atoms with Crippen LogP contribution in [0.25, 0.3) is 11.3 Å². The van der Waals surface area contributed by atoms with Gasteiger partial charge >= 0.3 is 0 Å². The molecule has 0 unspecified atom stereocenters. The van der Waals surface area contributed by atoms with Crippen molar-refractivity contribution in [3.63, 3.8) is 0 Å². The predicted octanol–water partition coefficient (Wildman–Crippen LogP) is 3.85. The first-order valence-corrected chi connectivity index (χ1v) is 10.5. The molecule has 7 nitrogen and oxygen atoms in total. The first-order valence-electron chi connectivity index (χ1n) is 10.5. The van der Waals surface area contributed by atoms with E-state index in [0.717, 1.165) is 48.7 Å².